The lowest BCUT2D eigenvalue weighted by molar-refractivity contribution is -0.138. The van der Waals surface area contributed by atoms with Crippen molar-refractivity contribution in [1.82, 2.24) is 0 Å². The number of hydrogen-bond acceptors (Lipinski definition) is 1. The van der Waals surface area contributed by atoms with Crippen LogP contribution in [0, 0.1) is 5.82 Å². The van der Waals surface area contributed by atoms with E-state index in [1.54, 1.807) is 0 Å². The van der Waals surface area contributed by atoms with Gasteiger partial charge in [-0.25, -0.2) is 4.39 Å². The zero-order valence-corrected chi connectivity index (χ0v) is 12.7. The molecule has 7 heteroatoms. The van der Waals surface area contributed by atoms with E-state index in [0.717, 1.165) is 12.1 Å². The van der Waals surface area contributed by atoms with Crippen molar-refractivity contribution in [1.29, 1.82) is 0 Å². The molecule has 0 aromatic heterocycles. The molecule has 0 fully saturated rings. The summed E-state index contributed by atoms with van der Waals surface area (Å²) in [5.74, 6) is -0.673. The topological polar surface area (TPSA) is 9.23 Å². The van der Waals surface area contributed by atoms with Gasteiger partial charge < -0.3 is 4.74 Å². The number of ether oxygens (including phenoxy) is 1. The van der Waals surface area contributed by atoms with Crippen LogP contribution in [0.5, 0.6) is 11.5 Å². The molecule has 112 valence electrons. The van der Waals surface area contributed by atoms with Gasteiger partial charge in [0.05, 0.1) is 10.6 Å². The van der Waals surface area contributed by atoms with Gasteiger partial charge in [0, 0.05) is 11.4 Å². The summed E-state index contributed by atoms with van der Waals surface area (Å²) in [6, 6.07) is 7.22. The fourth-order valence-electron chi connectivity index (χ4n) is 1.68. The maximum absolute atomic E-state index is 13.3. The van der Waals surface area contributed by atoms with E-state index in [2.05, 4.69) is 15.9 Å². The van der Waals surface area contributed by atoms with Crippen molar-refractivity contribution in [2.45, 2.75) is 11.5 Å². The van der Waals surface area contributed by atoms with E-state index in [0.29, 0.717) is 0 Å². The van der Waals surface area contributed by atoms with Crippen molar-refractivity contribution in [3.05, 3.63) is 58.4 Å². The lowest BCUT2D eigenvalue weighted by Gasteiger charge is -2.13. The minimum absolute atomic E-state index is 0.0336. The normalized spacial score (nSPS) is 11.5. The fourth-order valence-corrected chi connectivity index (χ4v) is 2.28. The highest BCUT2D eigenvalue weighted by atomic mass is 79.9. The molecule has 0 N–H and O–H groups in total. The number of halogens is 6. The van der Waals surface area contributed by atoms with E-state index < -0.39 is 17.6 Å². The fraction of sp³-hybridized carbons (Fsp3) is 0.143. The second kappa shape index (κ2) is 6.23. The molecule has 1 nitrogen and oxygen atoms in total. The Morgan fingerprint density at radius 3 is 2.24 bits per heavy atom. The quantitative estimate of drug-likeness (QED) is 0.454. The van der Waals surface area contributed by atoms with E-state index >= 15 is 0 Å². The first-order valence-electron chi connectivity index (χ1n) is 5.70. The Labute approximate surface area is 131 Å². The summed E-state index contributed by atoms with van der Waals surface area (Å²) in [6.45, 7) is 0. The third-order valence-corrected chi connectivity index (χ3v) is 3.57. The monoisotopic (exact) mass is 382 g/mol. The average molecular weight is 384 g/mol. The van der Waals surface area contributed by atoms with E-state index in [1.165, 1.54) is 24.3 Å². The van der Waals surface area contributed by atoms with Gasteiger partial charge in [-0.3, -0.25) is 0 Å². The van der Waals surface area contributed by atoms with Gasteiger partial charge in [0.2, 0.25) is 0 Å². The molecule has 0 saturated heterocycles. The minimum atomic E-state index is -4.49. The Bertz CT molecular complexity index is 658. The molecule has 0 atom stereocenters. The van der Waals surface area contributed by atoms with E-state index in [1.807, 2.05) is 0 Å². The standard InChI is InChI=1S/C14H8BrClF4O/c15-7-8-1-2-9(5-11(8)14(18,19)20)21-10-3-4-12(16)13(17)6-10/h1-6H,7H2. The van der Waals surface area contributed by atoms with E-state index in [-0.39, 0.29) is 27.4 Å². The van der Waals surface area contributed by atoms with Crippen LogP contribution in [-0.4, -0.2) is 0 Å². The summed E-state index contributed by atoms with van der Waals surface area (Å²) in [5.41, 5.74) is -0.705. The summed E-state index contributed by atoms with van der Waals surface area (Å²) >= 11 is 8.53. The molecule has 2 aromatic carbocycles. The summed E-state index contributed by atoms with van der Waals surface area (Å²) < 4.78 is 57.3. The summed E-state index contributed by atoms with van der Waals surface area (Å²) in [4.78, 5) is 0. The average Bonchev–Trinajstić information content (AvgIpc) is 2.42. The van der Waals surface area contributed by atoms with Gasteiger partial charge in [-0.1, -0.05) is 33.6 Å². The Hall–Kier alpha value is -1.27. The van der Waals surface area contributed by atoms with Crippen LogP contribution in [0.1, 0.15) is 11.1 Å². The van der Waals surface area contributed by atoms with E-state index in [9.17, 15) is 17.6 Å². The number of benzene rings is 2. The van der Waals surface area contributed by atoms with E-state index in [4.69, 9.17) is 16.3 Å². The molecule has 2 aromatic rings. The second-order valence-electron chi connectivity index (χ2n) is 4.13. The zero-order valence-electron chi connectivity index (χ0n) is 10.3. The molecule has 0 bridgehead atoms. The molecular weight excluding hydrogens is 376 g/mol. The van der Waals surface area contributed by atoms with Gasteiger partial charge in [0.25, 0.3) is 0 Å². The lowest BCUT2D eigenvalue weighted by atomic mass is 10.1. The third kappa shape index (κ3) is 3.89. The van der Waals surface area contributed by atoms with Gasteiger partial charge in [0.15, 0.2) is 0 Å². The van der Waals surface area contributed by atoms with Crippen molar-refractivity contribution < 1.29 is 22.3 Å². The SMILES string of the molecule is Fc1cc(Oc2ccc(CBr)c(C(F)(F)F)c2)ccc1Cl. The van der Waals surface area contributed by atoms with Crippen LogP contribution in [0.4, 0.5) is 17.6 Å². The number of rotatable bonds is 3. The molecule has 0 aliphatic rings. The summed E-state index contributed by atoms with van der Waals surface area (Å²) in [7, 11) is 0. The second-order valence-corrected chi connectivity index (χ2v) is 5.10. The molecule has 0 heterocycles. The smallest absolute Gasteiger partial charge is 0.416 e. The lowest BCUT2D eigenvalue weighted by Crippen LogP contribution is -2.08. The molecule has 0 amide bonds. The van der Waals surface area contributed by atoms with Crippen LogP contribution in [0.2, 0.25) is 5.02 Å². The molecular formula is C14H8BrClF4O. The molecule has 0 spiro atoms. The zero-order chi connectivity index (χ0) is 15.6. The van der Waals surface area contributed by atoms with Crippen molar-refractivity contribution >= 4 is 27.5 Å². The van der Waals surface area contributed by atoms with Crippen LogP contribution in [0.15, 0.2) is 36.4 Å². The molecule has 0 unspecified atom stereocenters. The number of hydrogen-bond donors (Lipinski definition) is 0. The Morgan fingerprint density at radius 1 is 1.05 bits per heavy atom. The summed E-state index contributed by atoms with van der Waals surface area (Å²) in [6.07, 6.45) is -4.49. The van der Waals surface area contributed by atoms with Gasteiger partial charge in [0.1, 0.15) is 17.3 Å². The molecule has 0 aliphatic heterocycles. The Kier molecular flexibility index (Phi) is 4.78. The third-order valence-electron chi connectivity index (χ3n) is 2.66. The molecule has 21 heavy (non-hydrogen) atoms. The van der Waals surface area contributed by atoms with Crippen molar-refractivity contribution in [3.63, 3.8) is 0 Å². The van der Waals surface area contributed by atoms with Gasteiger partial charge in [-0.15, -0.1) is 0 Å². The highest BCUT2D eigenvalue weighted by Crippen LogP contribution is 2.36. The summed E-state index contributed by atoms with van der Waals surface area (Å²) in [5, 5.41) is -0.0227. The Balaban J connectivity index is 2.34. The van der Waals surface area contributed by atoms with Gasteiger partial charge in [-0.05, 0) is 29.8 Å². The van der Waals surface area contributed by atoms with Crippen molar-refractivity contribution in [3.8, 4) is 11.5 Å². The Morgan fingerprint density at radius 2 is 1.67 bits per heavy atom. The van der Waals surface area contributed by atoms with Crippen LogP contribution in [-0.2, 0) is 11.5 Å². The van der Waals surface area contributed by atoms with Gasteiger partial charge in [-0.2, -0.15) is 13.2 Å². The van der Waals surface area contributed by atoms with Crippen LogP contribution in [0.3, 0.4) is 0 Å². The molecule has 2 rings (SSSR count). The first-order valence-corrected chi connectivity index (χ1v) is 7.20. The van der Waals surface area contributed by atoms with Crippen molar-refractivity contribution in [2.75, 3.05) is 0 Å². The predicted molar refractivity (Wildman–Crippen MR) is 75.6 cm³/mol. The van der Waals surface area contributed by atoms with Gasteiger partial charge >= 0.3 is 6.18 Å². The highest BCUT2D eigenvalue weighted by molar-refractivity contribution is 9.08. The number of alkyl halides is 4. The molecule has 0 saturated carbocycles. The van der Waals surface area contributed by atoms with Crippen LogP contribution in [0.25, 0.3) is 0 Å². The largest absolute Gasteiger partial charge is 0.457 e. The predicted octanol–water partition coefficient (Wildman–Crippen LogP) is 6.19. The maximum Gasteiger partial charge on any atom is 0.416 e. The first-order chi connectivity index (χ1) is 9.81. The van der Waals surface area contributed by atoms with Crippen LogP contribution < -0.4 is 4.74 Å². The molecule has 0 radical (unpaired) electrons. The highest BCUT2D eigenvalue weighted by Gasteiger charge is 2.33. The van der Waals surface area contributed by atoms with Crippen LogP contribution >= 0.6 is 27.5 Å². The first kappa shape index (κ1) is 16.1. The minimum Gasteiger partial charge on any atom is -0.457 e. The van der Waals surface area contributed by atoms with Crippen molar-refractivity contribution in [2.24, 2.45) is 0 Å². The molecule has 0 aliphatic carbocycles. The maximum atomic E-state index is 13.3.